The van der Waals surface area contributed by atoms with Crippen molar-refractivity contribution in [3.05, 3.63) is 0 Å². The molecule has 0 nitrogen and oxygen atoms in total. The van der Waals surface area contributed by atoms with Gasteiger partial charge in [0.25, 0.3) is 0 Å². The first-order valence-electron chi connectivity index (χ1n) is 13.0. The van der Waals surface area contributed by atoms with Crippen LogP contribution in [0.4, 0.5) is 0 Å². The maximum atomic E-state index is 2.84. The van der Waals surface area contributed by atoms with E-state index in [1.165, 1.54) is 147 Å². The second-order valence-corrected chi connectivity index (χ2v) is 9.61. The predicted molar refractivity (Wildman–Crippen MR) is 131 cm³/mol. The highest BCUT2D eigenvalue weighted by molar-refractivity contribution is 7.16. The zero-order valence-corrected chi connectivity index (χ0v) is 20.6. The predicted octanol–water partition coefficient (Wildman–Crippen LogP) is 10.1. The maximum absolute atomic E-state index is 2.84. The summed E-state index contributed by atoms with van der Waals surface area (Å²) in [6.45, 7) is 4.68. The van der Waals surface area contributed by atoms with Gasteiger partial charge in [0.15, 0.2) is 0 Å². The molecule has 0 aromatic rings. The van der Waals surface area contributed by atoms with Crippen LogP contribution in [-0.2, 0) is 0 Å². The summed E-state index contributed by atoms with van der Waals surface area (Å²) in [6.07, 6.45) is 33.6. The van der Waals surface area contributed by atoms with Crippen molar-refractivity contribution in [2.24, 2.45) is 5.92 Å². The molecule has 164 valence electrons. The van der Waals surface area contributed by atoms with Crippen molar-refractivity contribution < 1.29 is 0 Å². The fourth-order valence-corrected chi connectivity index (χ4v) is 4.58. The van der Waals surface area contributed by atoms with Crippen LogP contribution in [0.1, 0.15) is 155 Å². The van der Waals surface area contributed by atoms with Crippen LogP contribution in [0.3, 0.4) is 0 Å². The van der Waals surface area contributed by atoms with Gasteiger partial charge in [0, 0.05) is 0 Å². The molecule has 0 saturated heterocycles. The van der Waals surface area contributed by atoms with Crippen LogP contribution in [0, 0.1) is 5.92 Å². The third-order valence-electron chi connectivity index (χ3n) is 6.25. The molecule has 0 N–H and O–H groups in total. The molecule has 1 atom stereocenters. The quantitative estimate of drug-likeness (QED) is 0.119. The minimum atomic E-state index is 1.04. The summed E-state index contributed by atoms with van der Waals surface area (Å²) in [7, 11) is 2.84. The lowest BCUT2D eigenvalue weighted by atomic mass is 9.90. The summed E-state index contributed by atoms with van der Waals surface area (Å²) < 4.78 is 0. The Hall–Kier alpha value is 0.430. The molecule has 0 amide bonds. The molecule has 0 saturated carbocycles. The van der Waals surface area contributed by atoms with Gasteiger partial charge in [-0.2, -0.15) is 0 Å². The van der Waals surface area contributed by atoms with Gasteiger partial charge in [-0.15, -0.1) is 9.24 Å². The summed E-state index contributed by atoms with van der Waals surface area (Å²) >= 11 is 0. The molecular formula is C26H55P. The number of hydrogen-bond donors (Lipinski definition) is 0. The number of unbranched alkanes of at least 4 members (excludes halogenated alkanes) is 16. The van der Waals surface area contributed by atoms with Crippen molar-refractivity contribution in [1.82, 2.24) is 0 Å². The van der Waals surface area contributed by atoms with E-state index in [-0.39, 0.29) is 0 Å². The van der Waals surface area contributed by atoms with Gasteiger partial charge in [-0.05, 0) is 18.5 Å². The smallest absolute Gasteiger partial charge is 0.0381 e. The van der Waals surface area contributed by atoms with Gasteiger partial charge in [0.05, 0.1) is 0 Å². The monoisotopic (exact) mass is 398 g/mol. The second-order valence-electron chi connectivity index (χ2n) is 9.03. The molecule has 0 bridgehead atoms. The second kappa shape index (κ2) is 24.5. The molecule has 0 heterocycles. The molecule has 27 heavy (non-hydrogen) atoms. The highest BCUT2D eigenvalue weighted by Crippen LogP contribution is 2.23. The van der Waals surface area contributed by atoms with Crippen LogP contribution < -0.4 is 0 Å². The average Bonchev–Trinajstić information content (AvgIpc) is 2.69. The molecular weight excluding hydrogens is 343 g/mol. The van der Waals surface area contributed by atoms with E-state index in [1.54, 1.807) is 0 Å². The van der Waals surface area contributed by atoms with Crippen molar-refractivity contribution in [2.75, 3.05) is 6.16 Å². The van der Waals surface area contributed by atoms with Gasteiger partial charge in [-0.3, -0.25) is 0 Å². The zero-order chi connectivity index (χ0) is 19.8. The lowest BCUT2D eigenvalue weighted by Crippen LogP contribution is -2.01. The molecule has 0 rings (SSSR count). The average molecular weight is 399 g/mol. The normalized spacial score (nSPS) is 11.6. The Kier molecular flexibility index (Phi) is 24.9. The Bertz CT molecular complexity index is 243. The van der Waals surface area contributed by atoms with Crippen LogP contribution in [0.25, 0.3) is 0 Å². The molecule has 0 aromatic heterocycles. The van der Waals surface area contributed by atoms with Gasteiger partial charge in [-0.25, -0.2) is 0 Å². The molecule has 1 unspecified atom stereocenters. The van der Waals surface area contributed by atoms with E-state index in [0.29, 0.717) is 0 Å². The van der Waals surface area contributed by atoms with Gasteiger partial charge in [0.2, 0.25) is 0 Å². The summed E-state index contributed by atoms with van der Waals surface area (Å²) in [5.41, 5.74) is 0. The first-order chi connectivity index (χ1) is 13.3. The number of hydrogen-bond acceptors (Lipinski definition) is 0. The summed E-state index contributed by atoms with van der Waals surface area (Å²) in [4.78, 5) is 0. The Balaban J connectivity index is 3.24. The topological polar surface area (TPSA) is 0 Å². The van der Waals surface area contributed by atoms with Gasteiger partial charge in [-0.1, -0.05) is 149 Å². The Morgan fingerprint density at radius 1 is 0.407 bits per heavy atom. The molecule has 0 aliphatic rings. The zero-order valence-electron chi connectivity index (χ0n) is 19.4. The van der Waals surface area contributed by atoms with E-state index in [0.717, 1.165) is 5.92 Å². The van der Waals surface area contributed by atoms with E-state index in [4.69, 9.17) is 0 Å². The van der Waals surface area contributed by atoms with Crippen LogP contribution in [0.2, 0.25) is 0 Å². The van der Waals surface area contributed by atoms with Crippen LogP contribution >= 0.6 is 9.24 Å². The van der Waals surface area contributed by atoms with E-state index in [9.17, 15) is 0 Å². The number of rotatable bonds is 23. The van der Waals surface area contributed by atoms with Gasteiger partial charge >= 0.3 is 0 Å². The van der Waals surface area contributed by atoms with Crippen LogP contribution in [-0.4, -0.2) is 6.16 Å². The molecule has 0 aromatic carbocycles. The lowest BCUT2D eigenvalue weighted by Gasteiger charge is -2.16. The molecule has 0 aliphatic heterocycles. The Morgan fingerprint density at radius 3 is 1.04 bits per heavy atom. The first kappa shape index (κ1) is 27.4. The van der Waals surface area contributed by atoms with Crippen molar-refractivity contribution in [1.29, 1.82) is 0 Å². The third kappa shape index (κ3) is 22.6. The minimum absolute atomic E-state index is 1.04. The minimum Gasteiger partial charge on any atom is -0.138 e. The molecule has 0 radical (unpaired) electrons. The maximum Gasteiger partial charge on any atom is -0.0381 e. The summed E-state index contributed by atoms with van der Waals surface area (Å²) in [5.74, 6) is 1.04. The van der Waals surface area contributed by atoms with Crippen LogP contribution in [0.15, 0.2) is 0 Å². The third-order valence-corrected chi connectivity index (χ3v) is 6.66. The molecule has 0 spiro atoms. The van der Waals surface area contributed by atoms with E-state index < -0.39 is 0 Å². The van der Waals surface area contributed by atoms with E-state index in [2.05, 4.69) is 23.1 Å². The first-order valence-corrected chi connectivity index (χ1v) is 13.9. The van der Waals surface area contributed by atoms with Crippen molar-refractivity contribution >= 4 is 9.24 Å². The van der Waals surface area contributed by atoms with E-state index >= 15 is 0 Å². The summed E-state index contributed by atoms with van der Waals surface area (Å²) in [5, 5.41) is 0. The van der Waals surface area contributed by atoms with Crippen molar-refractivity contribution in [3.63, 3.8) is 0 Å². The molecule has 1 heteroatoms. The molecule has 0 aliphatic carbocycles. The van der Waals surface area contributed by atoms with E-state index in [1.807, 2.05) is 0 Å². The van der Waals surface area contributed by atoms with Crippen molar-refractivity contribution in [2.45, 2.75) is 155 Å². The Labute approximate surface area is 176 Å². The fraction of sp³-hybridized carbons (Fsp3) is 1.00. The van der Waals surface area contributed by atoms with Gasteiger partial charge in [0.1, 0.15) is 0 Å². The highest BCUT2D eigenvalue weighted by Gasteiger charge is 2.07. The summed E-state index contributed by atoms with van der Waals surface area (Å²) in [6, 6.07) is 0. The van der Waals surface area contributed by atoms with Crippen molar-refractivity contribution in [3.8, 4) is 0 Å². The Morgan fingerprint density at radius 2 is 0.704 bits per heavy atom. The lowest BCUT2D eigenvalue weighted by molar-refractivity contribution is 0.376. The van der Waals surface area contributed by atoms with Crippen LogP contribution in [0.5, 0.6) is 0 Å². The fourth-order valence-electron chi connectivity index (χ4n) is 4.29. The largest absolute Gasteiger partial charge is 0.138 e. The SMILES string of the molecule is CCCCC(CCCC)CCCCCCCCCCCCCCCCCP. The van der Waals surface area contributed by atoms with Gasteiger partial charge < -0.3 is 0 Å². The highest BCUT2D eigenvalue weighted by atomic mass is 31.0. The molecule has 0 fully saturated rings. The standard InChI is InChI=1S/C26H55P/c1-3-5-22-26(23-6-4-2)24-20-18-16-14-12-10-8-7-9-11-13-15-17-19-21-25-27/h26H,3-25,27H2,1-2H3.